The molecule has 2 N–H and O–H groups in total. The Hall–Kier alpha value is -3.88. The van der Waals surface area contributed by atoms with Gasteiger partial charge in [0, 0.05) is 10.6 Å². The van der Waals surface area contributed by atoms with Crippen LogP contribution in [-0.2, 0) is 9.59 Å². The number of carbonyl (C=O) groups excluding carboxylic acids is 2. The van der Waals surface area contributed by atoms with E-state index in [0.29, 0.717) is 32.0 Å². The largest absolute Gasteiger partial charge is 0.508 e. The number of carbonyl (C=O) groups is 2. The van der Waals surface area contributed by atoms with Crippen molar-refractivity contribution >= 4 is 63.5 Å². The number of phenols is 1. The summed E-state index contributed by atoms with van der Waals surface area (Å²) in [5.41, 5.74) is 3.78. The molecule has 7 nitrogen and oxygen atoms in total. The van der Waals surface area contributed by atoms with Gasteiger partial charge in [0.2, 0.25) is 5.17 Å². The average molecular weight is 489 g/mol. The Kier molecular flexibility index (Phi) is 5.69. The third-order valence-corrected chi connectivity index (χ3v) is 6.39. The number of amides is 2. The standard InChI is InChI=1S/C25H17ClN4O3S/c1-14-5-10-20-19(11-14)22(23(32)27-20)28-29-25-30(17-4-2-3-16(26)13-17)24(33)21(34-25)12-15-6-8-18(31)9-7-15/h2-13,31H,1H3,(H,27,28,32). The summed E-state index contributed by atoms with van der Waals surface area (Å²) >= 11 is 7.31. The van der Waals surface area contributed by atoms with Crippen molar-refractivity contribution in [1.29, 1.82) is 0 Å². The van der Waals surface area contributed by atoms with E-state index in [4.69, 9.17) is 11.6 Å². The number of fused-ring (bicyclic) bond motifs is 1. The predicted octanol–water partition coefficient (Wildman–Crippen LogP) is 5.19. The van der Waals surface area contributed by atoms with E-state index in [2.05, 4.69) is 15.5 Å². The van der Waals surface area contributed by atoms with E-state index < -0.39 is 0 Å². The molecule has 2 amide bonds. The van der Waals surface area contributed by atoms with E-state index in [9.17, 15) is 14.7 Å². The van der Waals surface area contributed by atoms with Crippen LogP contribution in [0.25, 0.3) is 6.08 Å². The maximum absolute atomic E-state index is 13.3. The first kappa shape index (κ1) is 21.9. The molecule has 1 saturated heterocycles. The van der Waals surface area contributed by atoms with E-state index in [0.717, 1.165) is 22.9 Å². The number of phenolic OH excluding ortho intramolecular Hbond substituents is 1. The zero-order chi connectivity index (χ0) is 23.8. The molecule has 2 aliphatic heterocycles. The molecule has 0 aromatic heterocycles. The Morgan fingerprint density at radius 3 is 2.59 bits per heavy atom. The number of hydrogen-bond acceptors (Lipinski definition) is 6. The van der Waals surface area contributed by atoms with Crippen LogP contribution in [0.1, 0.15) is 16.7 Å². The summed E-state index contributed by atoms with van der Waals surface area (Å²) in [6.45, 7) is 1.93. The summed E-state index contributed by atoms with van der Waals surface area (Å²) in [6.07, 6.45) is 1.71. The summed E-state index contributed by atoms with van der Waals surface area (Å²) < 4.78 is 0. The third-order valence-electron chi connectivity index (χ3n) is 5.19. The van der Waals surface area contributed by atoms with Crippen molar-refractivity contribution in [1.82, 2.24) is 0 Å². The molecule has 5 rings (SSSR count). The van der Waals surface area contributed by atoms with Crippen LogP contribution < -0.4 is 10.2 Å². The molecule has 9 heteroatoms. The molecule has 0 atom stereocenters. The van der Waals surface area contributed by atoms with Crippen LogP contribution in [0.5, 0.6) is 5.75 Å². The molecule has 1 fully saturated rings. The van der Waals surface area contributed by atoms with Crippen molar-refractivity contribution in [3.63, 3.8) is 0 Å². The molecule has 0 unspecified atom stereocenters. The molecule has 3 aromatic rings. The second kappa shape index (κ2) is 8.81. The number of thioether (sulfide) groups is 1. The molecule has 0 bridgehead atoms. The fraction of sp³-hybridized carbons (Fsp3) is 0.0400. The number of rotatable bonds is 3. The number of hydrogen-bond donors (Lipinski definition) is 2. The summed E-state index contributed by atoms with van der Waals surface area (Å²) in [4.78, 5) is 27.7. The van der Waals surface area contributed by atoms with Crippen molar-refractivity contribution in [2.45, 2.75) is 6.92 Å². The molecular formula is C25H17ClN4O3S. The molecular weight excluding hydrogens is 472 g/mol. The Labute approximate surface area is 204 Å². The van der Waals surface area contributed by atoms with Crippen molar-refractivity contribution in [3.05, 3.63) is 93.3 Å². The molecule has 2 aliphatic rings. The molecule has 0 radical (unpaired) electrons. The van der Waals surface area contributed by atoms with Gasteiger partial charge in [-0.15, -0.1) is 10.2 Å². The first-order chi connectivity index (χ1) is 16.4. The maximum atomic E-state index is 13.3. The van der Waals surface area contributed by atoms with Gasteiger partial charge in [-0.2, -0.15) is 0 Å². The number of anilines is 2. The fourth-order valence-electron chi connectivity index (χ4n) is 3.56. The van der Waals surface area contributed by atoms with Crippen LogP contribution in [-0.4, -0.2) is 27.8 Å². The van der Waals surface area contributed by atoms with E-state index >= 15 is 0 Å². The zero-order valence-electron chi connectivity index (χ0n) is 17.8. The molecule has 0 saturated carbocycles. The Balaban J connectivity index is 1.58. The molecule has 168 valence electrons. The molecule has 34 heavy (non-hydrogen) atoms. The number of amidine groups is 1. The number of nitrogens with zero attached hydrogens (tertiary/aromatic N) is 3. The van der Waals surface area contributed by atoms with Crippen LogP contribution in [0, 0.1) is 6.92 Å². The van der Waals surface area contributed by atoms with Gasteiger partial charge in [0.25, 0.3) is 11.8 Å². The van der Waals surface area contributed by atoms with Crippen molar-refractivity contribution < 1.29 is 14.7 Å². The lowest BCUT2D eigenvalue weighted by Gasteiger charge is -2.15. The number of halogens is 1. The smallest absolute Gasteiger partial charge is 0.276 e. The monoisotopic (exact) mass is 488 g/mol. The van der Waals surface area contributed by atoms with Gasteiger partial charge in [0.15, 0.2) is 5.71 Å². The lowest BCUT2D eigenvalue weighted by molar-refractivity contribution is -0.113. The highest BCUT2D eigenvalue weighted by molar-refractivity contribution is 8.19. The van der Waals surface area contributed by atoms with Gasteiger partial charge in [-0.1, -0.05) is 41.4 Å². The molecule has 0 aliphatic carbocycles. The summed E-state index contributed by atoms with van der Waals surface area (Å²) in [5, 5.41) is 21.6. The van der Waals surface area contributed by atoms with Crippen LogP contribution in [0.3, 0.4) is 0 Å². The van der Waals surface area contributed by atoms with Crippen LogP contribution in [0.2, 0.25) is 5.02 Å². The van der Waals surface area contributed by atoms with E-state index in [1.165, 1.54) is 4.90 Å². The van der Waals surface area contributed by atoms with E-state index in [1.54, 1.807) is 54.6 Å². The van der Waals surface area contributed by atoms with Crippen LogP contribution in [0.4, 0.5) is 11.4 Å². The predicted molar refractivity (Wildman–Crippen MR) is 136 cm³/mol. The van der Waals surface area contributed by atoms with E-state index in [1.807, 2.05) is 25.1 Å². The highest BCUT2D eigenvalue weighted by Crippen LogP contribution is 2.37. The summed E-state index contributed by atoms with van der Waals surface area (Å²) in [6, 6.07) is 19.0. The average Bonchev–Trinajstić information content (AvgIpc) is 3.29. The third kappa shape index (κ3) is 4.21. The molecule has 3 aromatic carbocycles. The topological polar surface area (TPSA) is 94.4 Å². The quantitative estimate of drug-likeness (QED) is 0.392. The van der Waals surface area contributed by atoms with E-state index in [-0.39, 0.29) is 23.3 Å². The highest BCUT2D eigenvalue weighted by Gasteiger charge is 2.35. The first-order valence-electron chi connectivity index (χ1n) is 10.3. The SMILES string of the molecule is Cc1ccc2c(c1)C(=NN=C1SC(=Cc3ccc(O)cc3)C(=O)N1c1cccc(Cl)c1)C(=O)N2. The number of nitrogens with one attached hydrogen (secondary N) is 1. The normalized spacial score (nSPS) is 18.8. The highest BCUT2D eigenvalue weighted by atomic mass is 35.5. The minimum Gasteiger partial charge on any atom is -0.508 e. The van der Waals surface area contributed by atoms with Gasteiger partial charge in [-0.3, -0.25) is 14.5 Å². The number of aromatic hydroxyl groups is 1. The lowest BCUT2D eigenvalue weighted by Crippen LogP contribution is -2.28. The van der Waals surface area contributed by atoms with Gasteiger partial charge >= 0.3 is 0 Å². The van der Waals surface area contributed by atoms with Crippen molar-refractivity contribution in [3.8, 4) is 5.75 Å². The zero-order valence-corrected chi connectivity index (χ0v) is 19.4. The van der Waals surface area contributed by atoms with Gasteiger partial charge < -0.3 is 10.4 Å². The molecule has 2 heterocycles. The Morgan fingerprint density at radius 2 is 1.82 bits per heavy atom. The van der Waals surface area contributed by atoms with Gasteiger partial charge in [-0.25, -0.2) is 0 Å². The minimum atomic E-state index is -0.353. The first-order valence-corrected chi connectivity index (χ1v) is 11.4. The Morgan fingerprint density at radius 1 is 1.03 bits per heavy atom. The minimum absolute atomic E-state index is 0.136. The molecule has 0 spiro atoms. The second-order valence-electron chi connectivity index (χ2n) is 7.66. The number of benzene rings is 3. The van der Waals surface area contributed by atoms with Gasteiger partial charge in [0.05, 0.1) is 16.3 Å². The summed E-state index contributed by atoms with van der Waals surface area (Å²) in [7, 11) is 0. The fourth-order valence-corrected chi connectivity index (χ4v) is 4.68. The maximum Gasteiger partial charge on any atom is 0.276 e. The van der Waals surface area contributed by atoms with Crippen LogP contribution >= 0.6 is 23.4 Å². The second-order valence-corrected chi connectivity index (χ2v) is 9.10. The van der Waals surface area contributed by atoms with Crippen molar-refractivity contribution in [2.75, 3.05) is 10.2 Å². The van der Waals surface area contributed by atoms with Gasteiger partial charge in [-0.05, 0) is 72.8 Å². The Bertz CT molecular complexity index is 1430. The van der Waals surface area contributed by atoms with Crippen molar-refractivity contribution in [2.24, 2.45) is 10.2 Å². The lowest BCUT2D eigenvalue weighted by atomic mass is 10.1. The van der Waals surface area contributed by atoms with Gasteiger partial charge in [0.1, 0.15) is 5.75 Å². The number of aryl methyl sites for hydroxylation is 1. The van der Waals surface area contributed by atoms with Crippen LogP contribution in [0.15, 0.2) is 81.8 Å². The summed E-state index contributed by atoms with van der Waals surface area (Å²) in [5.74, 6) is -0.517.